The molecule has 0 aliphatic rings. The lowest BCUT2D eigenvalue weighted by Gasteiger charge is -2.25. The van der Waals surface area contributed by atoms with Crippen molar-refractivity contribution in [1.82, 2.24) is 0 Å². The molecule has 196 valence electrons. The third-order valence-electron chi connectivity index (χ3n) is 5.72. The molecule has 0 amide bonds. The lowest BCUT2D eigenvalue weighted by molar-refractivity contribution is -0.150. The van der Waals surface area contributed by atoms with Crippen LogP contribution >= 0.6 is 11.8 Å². The zero-order valence-electron chi connectivity index (χ0n) is 22.2. The van der Waals surface area contributed by atoms with Gasteiger partial charge in [0.2, 0.25) is 0 Å². The molecule has 0 saturated carbocycles. The van der Waals surface area contributed by atoms with Gasteiger partial charge in [-0.2, -0.15) is 0 Å². The largest absolute Gasteiger partial charge is 0.490 e. The highest BCUT2D eigenvalue weighted by molar-refractivity contribution is 7.99. The van der Waals surface area contributed by atoms with Crippen molar-refractivity contribution in [3.05, 3.63) is 72.3 Å². The van der Waals surface area contributed by atoms with E-state index in [1.165, 1.54) is 5.56 Å². The van der Waals surface area contributed by atoms with Gasteiger partial charge in [-0.15, -0.1) is 11.8 Å². The SMILES string of the molecule is C=C(C)C(=O)OCCCC(=O)OC(COc1ccc(C(C(C)C)C(C)C)cc1)CSc1ccccc1. The number of ether oxygens (including phenoxy) is 3. The number of hydrogen-bond donors (Lipinski definition) is 0. The Kier molecular flexibility index (Phi) is 12.6. The normalized spacial score (nSPS) is 12.0. The van der Waals surface area contributed by atoms with Gasteiger partial charge in [0.25, 0.3) is 0 Å². The summed E-state index contributed by atoms with van der Waals surface area (Å²) in [5.74, 6) is 2.14. The van der Waals surface area contributed by atoms with Crippen LogP contribution in [0.25, 0.3) is 0 Å². The van der Waals surface area contributed by atoms with Gasteiger partial charge < -0.3 is 14.2 Å². The monoisotopic (exact) mass is 512 g/mol. The van der Waals surface area contributed by atoms with Crippen LogP contribution in [-0.2, 0) is 19.1 Å². The van der Waals surface area contributed by atoms with Crippen LogP contribution in [0.1, 0.15) is 58.9 Å². The molecule has 1 unspecified atom stereocenters. The van der Waals surface area contributed by atoms with Gasteiger partial charge in [0, 0.05) is 22.6 Å². The average Bonchev–Trinajstić information content (AvgIpc) is 2.84. The van der Waals surface area contributed by atoms with Gasteiger partial charge in [0.05, 0.1) is 6.61 Å². The maximum atomic E-state index is 12.5. The summed E-state index contributed by atoms with van der Waals surface area (Å²) in [6, 6.07) is 18.2. The van der Waals surface area contributed by atoms with Gasteiger partial charge in [0.1, 0.15) is 18.5 Å². The highest BCUT2D eigenvalue weighted by atomic mass is 32.2. The Labute approximate surface area is 220 Å². The van der Waals surface area contributed by atoms with Crippen molar-refractivity contribution in [2.45, 2.75) is 64.4 Å². The molecule has 0 heterocycles. The molecule has 2 aromatic carbocycles. The molecule has 0 saturated heterocycles. The molecule has 5 nitrogen and oxygen atoms in total. The molecule has 0 fully saturated rings. The van der Waals surface area contributed by atoms with E-state index in [0.29, 0.717) is 35.5 Å². The van der Waals surface area contributed by atoms with Crippen LogP contribution < -0.4 is 4.74 Å². The molecule has 0 aromatic heterocycles. The second-order valence-electron chi connectivity index (χ2n) is 9.65. The molecule has 0 radical (unpaired) electrons. The van der Waals surface area contributed by atoms with E-state index in [1.54, 1.807) is 18.7 Å². The molecule has 0 bridgehead atoms. The van der Waals surface area contributed by atoms with Gasteiger partial charge in [-0.1, -0.05) is 64.6 Å². The average molecular weight is 513 g/mol. The van der Waals surface area contributed by atoms with Gasteiger partial charge in [0.15, 0.2) is 0 Å². The lowest BCUT2D eigenvalue weighted by atomic mass is 9.80. The molecule has 0 aliphatic carbocycles. The highest BCUT2D eigenvalue weighted by Gasteiger charge is 2.20. The van der Waals surface area contributed by atoms with Crippen LogP contribution in [0, 0.1) is 11.8 Å². The van der Waals surface area contributed by atoms with E-state index < -0.39 is 12.1 Å². The van der Waals surface area contributed by atoms with E-state index in [-0.39, 0.29) is 25.6 Å². The van der Waals surface area contributed by atoms with Crippen molar-refractivity contribution >= 4 is 23.7 Å². The minimum absolute atomic E-state index is 0.154. The zero-order valence-corrected chi connectivity index (χ0v) is 23.0. The van der Waals surface area contributed by atoms with Gasteiger partial charge in [-0.3, -0.25) is 4.79 Å². The molecule has 1 atom stereocenters. The molecule has 0 aliphatic heterocycles. The van der Waals surface area contributed by atoms with Crippen LogP contribution in [0.5, 0.6) is 5.75 Å². The van der Waals surface area contributed by atoms with E-state index in [9.17, 15) is 9.59 Å². The summed E-state index contributed by atoms with van der Waals surface area (Å²) in [4.78, 5) is 25.0. The van der Waals surface area contributed by atoms with Crippen LogP contribution in [0.3, 0.4) is 0 Å². The molecule has 0 spiro atoms. The van der Waals surface area contributed by atoms with E-state index in [4.69, 9.17) is 14.2 Å². The first-order valence-corrected chi connectivity index (χ1v) is 13.6. The highest BCUT2D eigenvalue weighted by Crippen LogP contribution is 2.32. The first kappa shape index (κ1) is 29.5. The number of thioether (sulfide) groups is 1. The minimum Gasteiger partial charge on any atom is -0.490 e. The Bertz CT molecular complexity index is 945. The number of carbonyl (C=O) groups excluding carboxylic acids is 2. The molecule has 2 rings (SSSR count). The Morgan fingerprint density at radius 1 is 0.944 bits per heavy atom. The third-order valence-corrected chi connectivity index (χ3v) is 6.87. The van der Waals surface area contributed by atoms with E-state index in [1.807, 2.05) is 42.5 Å². The van der Waals surface area contributed by atoms with E-state index >= 15 is 0 Å². The van der Waals surface area contributed by atoms with Crippen molar-refractivity contribution in [1.29, 1.82) is 0 Å². The molecule has 6 heteroatoms. The lowest BCUT2D eigenvalue weighted by Crippen LogP contribution is -2.27. The van der Waals surface area contributed by atoms with Crippen molar-refractivity contribution in [3.63, 3.8) is 0 Å². The van der Waals surface area contributed by atoms with Gasteiger partial charge in [-0.25, -0.2) is 4.79 Å². The van der Waals surface area contributed by atoms with Crippen molar-refractivity contribution in [2.24, 2.45) is 11.8 Å². The number of hydrogen-bond acceptors (Lipinski definition) is 6. The molecule has 36 heavy (non-hydrogen) atoms. The van der Waals surface area contributed by atoms with Crippen molar-refractivity contribution in [3.8, 4) is 5.75 Å². The smallest absolute Gasteiger partial charge is 0.333 e. The fraction of sp³-hybridized carbons (Fsp3) is 0.467. The minimum atomic E-state index is -0.451. The van der Waals surface area contributed by atoms with Crippen LogP contribution in [-0.4, -0.2) is 37.0 Å². The van der Waals surface area contributed by atoms with Crippen molar-refractivity contribution in [2.75, 3.05) is 19.0 Å². The topological polar surface area (TPSA) is 61.8 Å². The number of carbonyl (C=O) groups is 2. The second kappa shape index (κ2) is 15.4. The summed E-state index contributed by atoms with van der Waals surface area (Å²) in [5, 5.41) is 0. The molecular weight excluding hydrogens is 472 g/mol. The van der Waals surface area contributed by atoms with Crippen LogP contribution in [0.4, 0.5) is 0 Å². The Morgan fingerprint density at radius 3 is 2.17 bits per heavy atom. The standard InChI is InChI=1S/C30H40O5S/c1-21(2)29(22(3)4)24-14-16-25(17-15-24)34-19-26(20-36-27-11-8-7-9-12-27)35-28(31)13-10-18-33-30(32)23(5)6/h7-9,11-12,14-17,21-22,26,29H,5,10,13,18-20H2,1-4,6H3. The van der Waals surface area contributed by atoms with Crippen LogP contribution in [0.2, 0.25) is 0 Å². The maximum Gasteiger partial charge on any atom is 0.333 e. The predicted molar refractivity (Wildman–Crippen MR) is 146 cm³/mol. The zero-order chi connectivity index (χ0) is 26.5. The van der Waals surface area contributed by atoms with Crippen molar-refractivity contribution < 1.29 is 23.8 Å². The quantitative estimate of drug-likeness (QED) is 0.110. The fourth-order valence-electron chi connectivity index (χ4n) is 4.09. The maximum absolute atomic E-state index is 12.5. The van der Waals surface area contributed by atoms with Gasteiger partial charge in [-0.05, 0) is 60.9 Å². The number of benzene rings is 2. The Morgan fingerprint density at radius 2 is 1.58 bits per heavy atom. The predicted octanol–water partition coefficient (Wildman–Crippen LogP) is 7.06. The molecule has 2 aromatic rings. The Balaban J connectivity index is 1.94. The third kappa shape index (κ3) is 10.5. The van der Waals surface area contributed by atoms with E-state index in [2.05, 4.69) is 46.4 Å². The fourth-order valence-corrected chi connectivity index (χ4v) is 4.98. The summed E-state index contributed by atoms with van der Waals surface area (Å²) in [7, 11) is 0. The second-order valence-corrected chi connectivity index (χ2v) is 10.7. The summed E-state index contributed by atoms with van der Waals surface area (Å²) < 4.78 is 16.8. The first-order chi connectivity index (χ1) is 17.2. The van der Waals surface area contributed by atoms with Crippen LogP contribution in [0.15, 0.2) is 71.6 Å². The summed E-state index contributed by atoms with van der Waals surface area (Å²) >= 11 is 1.62. The summed E-state index contributed by atoms with van der Waals surface area (Å²) in [6.07, 6.45) is 0.140. The Hall–Kier alpha value is -2.73. The molecular formula is C30H40O5S. The number of esters is 2. The summed E-state index contributed by atoms with van der Waals surface area (Å²) in [5.41, 5.74) is 1.65. The molecule has 0 N–H and O–H groups in total. The first-order valence-electron chi connectivity index (χ1n) is 12.6. The van der Waals surface area contributed by atoms with E-state index in [0.717, 1.165) is 10.6 Å². The number of rotatable bonds is 15. The van der Waals surface area contributed by atoms with Gasteiger partial charge >= 0.3 is 11.9 Å². The summed E-state index contributed by atoms with van der Waals surface area (Å²) in [6.45, 7) is 14.6.